The second-order valence-corrected chi connectivity index (χ2v) is 5.35. The van der Waals surface area contributed by atoms with Gasteiger partial charge in [-0.1, -0.05) is 23.9 Å². The first kappa shape index (κ1) is 15.2. The molecule has 2 aromatic heterocycles. The topological polar surface area (TPSA) is 80.9 Å². The van der Waals surface area contributed by atoms with Crippen molar-refractivity contribution >= 4 is 23.4 Å². The number of aromatic nitrogens is 3. The van der Waals surface area contributed by atoms with Gasteiger partial charge in [-0.25, -0.2) is 4.39 Å². The molecule has 0 atom stereocenters. The summed E-state index contributed by atoms with van der Waals surface area (Å²) in [6.45, 7) is 0. The van der Waals surface area contributed by atoms with Gasteiger partial charge in [-0.2, -0.15) is 0 Å². The number of nitrogens with zero attached hydrogens (tertiary/aromatic N) is 3. The van der Waals surface area contributed by atoms with Gasteiger partial charge in [0, 0.05) is 18.1 Å². The quantitative estimate of drug-likeness (QED) is 0.724. The molecular weight excluding hydrogens is 319 g/mol. The molecule has 0 saturated heterocycles. The van der Waals surface area contributed by atoms with Crippen LogP contribution >= 0.6 is 11.8 Å². The lowest BCUT2D eigenvalue weighted by Gasteiger charge is -2.02. The molecule has 6 nitrogen and oxygen atoms in total. The van der Waals surface area contributed by atoms with Gasteiger partial charge in [0.15, 0.2) is 0 Å². The van der Waals surface area contributed by atoms with Crippen LogP contribution in [0, 0.1) is 5.82 Å². The lowest BCUT2D eigenvalue weighted by atomic mass is 10.2. The molecular formula is C15H11FN4O2S. The molecule has 0 spiro atoms. The predicted molar refractivity (Wildman–Crippen MR) is 83.3 cm³/mol. The SMILES string of the molecule is O=C(CSc1nnc(-c2ccccc2F)o1)Nc1ccncc1. The van der Waals surface area contributed by atoms with Crippen molar-refractivity contribution in [1.82, 2.24) is 15.2 Å². The van der Waals surface area contributed by atoms with Crippen molar-refractivity contribution < 1.29 is 13.6 Å². The third kappa shape index (κ3) is 3.92. The maximum absolute atomic E-state index is 13.6. The molecule has 0 fully saturated rings. The molecule has 0 aliphatic heterocycles. The number of amides is 1. The summed E-state index contributed by atoms with van der Waals surface area (Å²) in [7, 11) is 0. The standard InChI is InChI=1S/C15H11FN4O2S/c16-12-4-2-1-3-11(12)14-19-20-15(22-14)23-9-13(21)18-10-5-7-17-8-6-10/h1-8H,9H2,(H,17,18,21). The highest BCUT2D eigenvalue weighted by Gasteiger charge is 2.14. The molecule has 0 saturated carbocycles. The number of benzene rings is 1. The summed E-state index contributed by atoms with van der Waals surface area (Å²) in [5.74, 6) is -0.476. The van der Waals surface area contributed by atoms with E-state index < -0.39 is 5.82 Å². The Kier molecular flexibility index (Phi) is 4.62. The predicted octanol–water partition coefficient (Wildman–Crippen LogP) is 3.00. The van der Waals surface area contributed by atoms with Crippen LogP contribution in [0.3, 0.4) is 0 Å². The number of thioether (sulfide) groups is 1. The molecule has 23 heavy (non-hydrogen) atoms. The fraction of sp³-hybridized carbons (Fsp3) is 0.0667. The van der Waals surface area contributed by atoms with Gasteiger partial charge in [-0.3, -0.25) is 9.78 Å². The van der Waals surface area contributed by atoms with E-state index in [0.717, 1.165) is 11.8 Å². The highest BCUT2D eigenvalue weighted by Crippen LogP contribution is 2.25. The Balaban J connectivity index is 1.59. The van der Waals surface area contributed by atoms with Crippen LogP contribution in [0.25, 0.3) is 11.5 Å². The second kappa shape index (κ2) is 7.01. The fourth-order valence-corrected chi connectivity index (χ4v) is 2.33. The van der Waals surface area contributed by atoms with E-state index in [9.17, 15) is 9.18 Å². The summed E-state index contributed by atoms with van der Waals surface area (Å²) in [4.78, 5) is 15.7. The first-order valence-electron chi connectivity index (χ1n) is 6.63. The summed E-state index contributed by atoms with van der Waals surface area (Å²) in [6.07, 6.45) is 3.17. The van der Waals surface area contributed by atoms with Gasteiger partial charge < -0.3 is 9.73 Å². The normalized spacial score (nSPS) is 10.5. The summed E-state index contributed by atoms with van der Waals surface area (Å²) >= 11 is 1.08. The smallest absolute Gasteiger partial charge is 0.277 e. The number of hydrogen-bond donors (Lipinski definition) is 1. The van der Waals surface area contributed by atoms with Crippen molar-refractivity contribution in [2.45, 2.75) is 5.22 Å². The van der Waals surface area contributed by atoms with E-state index in [0.29, 0.717) is 5.69 Å². The molecule has 0 aliphatic rings. The number of rotatable bonds is 5. The van der Waals surface area contributed by atoms with Crippen molar-refractivity contribution in [3.05, 3.63) is 54.6 Å². The van der Waals surface area contributed by atoms with E-state index in [1.807, 2.05) is 0 Å². The summed E-state index contributed by atoms with van der Waals surface area (Å²) < 4.78 is 19.0. The van der Waals surface area contributed by atoms with E-state index in [1.165, 1.54) is 6.07 Å². The maximum atomic E-state index is 13.6. The monoisotopic (exact) mass is 330 g/mol. The Morgan fingerprint density at radius 3 is 2.74 bits per heavy atom. The molecule has 8 heteroatoms. The van der Waals surface area contributed by atoms with Crippen molar-refractivity contribution in [2.24, 2.45) is 0 Å². The van der Waals surface area contributed by atoms with E-state index in [4.69, 9.17) is 4.42 Å². The van der Waals surface area contributed by atoms with Gasteiger partial charge >= 0.3 is 0 Å². The van der Waals surface area contributed by atoms with Gasteiger partial charge in [-0.05, 0) is 24.3 Å². The number of anilines is 1. The highest BCUT2D eigenvalue weighted by atomic mass is 32.2. The first-order chi connectivity index (χ1) is 11.2. The van der Waals surface area contributed by atoms with Gasteiger partial charge in [0.1, 0.15) is 5.82 Å². The fourth-order valence-electron chi connectivity index (χ4n) is 1.77. The Bertz CT molecular complexity index is 810. The third-order valence-corrected chi connectivity index (χ3v) is 3.62. The van der Waals surface area contributed by atoms with E-state index in [1.54, 1.807) is 42.7 Å². The van der Waals surface area contributed by atoms with Crippen molar-refractivity contribution in [3.63, 3.8) is 0 Å². The minimum Gasteiger partial charge on any atom is -0.411 e. The van der Waals surface area contributed by atoms with E-state index in [2.05, 4.69) is 20.5 Å². The molecule has 0 bridgehead atoms. The van der Waals surface area contributed by atoms with Crippen LogP contribution in [0.5, 0.6) is 0 Å². The number of hydrogen-bond acceptors (Lipinski definition) is 6. The molecule has 1 amide bonds. The molecule has 0 radical (unpaired) electrons. The van der Waals surface area contributed by atoms with Crippen LogP contribution in [0.15, 0.2) is 58.4 Å². The zero-order chi connectivity index (χ0) is 16.1. The lowest BCUT2D eigenvalue weighted by Crippen LogP contribution is -2.13. The van der Waals surface area contributed by atoms with Crippen LogP contribution < -0.4 is 5.32 Å². The minimum atomic E-state index is -0.442. The molecule has 2 heterocycles. The largest absolute Gasteiger partial charge is 0.411 e. The van der Waals surface area contributed by atoms with E-state index in [-0.39, 0.29) is 28.3 Å². The van der Waals surface area contributed by atoms with Crippen LogP contribution in [0.2, 0.25) is 0 Å². The summed E-state index contributed by atoms with van der Waals surface area (Å²) in [5, 5.41) is 10.5. The van der Waals surface area contributed by atoms with Gasteiger partial charge in [0.05, 0.1) is 11.3 Å². The zero-order valence-electron chi connectivity index (χ0n) is 11.8. The Hall–Kier alpha value is -2.74. The van der Waals surface area contributed by atoms with Gasteiger partial charge in [0.25, 0.3) is 11.1 Å². The number of nitrogens with one attached hydrogen (secondary N) is 1. The molecule has 116 valence electrons. The van der Waals surface area contributed by atoms with Gasteiger partial charge in [-0.15, -0.1) is 10.2 Å². The van der Waals surface area contributed by atoms with Gasteiger partial charge in [0.2, 0.25) is 5.91 Å². The van der Waals surface area contributed by atoms with Crippen molar-refractivity contribution in [2.75, 3.05) is 11.1 Å². The maximum Gasteiger partial charge on any atom is 0.277 e. The highest BCUT2D eigenvalue weighted by molar-refractivity contribution is 7.99. The molecule has 3 aromatic rings. The summed E-state index contributed by atoms with van der Waals surface area (Å²) in [5.41, 5.74) is 0.885. The molecule has 1 aromatic carbocycles. The summed E-state index contributed by atoms with van der Waals surface area (Å²) in [6, 6.07) is 9.49. The van der Waals surface area contributed by atoms with Crippen molar-refractivity contribution in [1.29, 1.82) is 0 Å². The molecule has 0 aliphatic carbocycles. The second-order valence-electron chi connectivity index (χ2n) is 4.43. The van der Waals surface area contributed by atoms with Crippen LogP contribution in [0.1, 0.15) is 0 Å². The Morgan fingerprint density at radius 1 is 1.17 bits per heavy atom. The zero-order valence-corrected chi connectivity index (χ0v) is 12.6. The number of carbonyl (C=O) groups excluding carboxylic acids is 1. The number of carbonyl (C=O) groups is 1. The Morgan fingerprint density at radius 2 is 1.96 bits per heavy atom. The van der Waals surface area contributed by atoms with Crippen LogP contribution in [-0.2, 0) is 4.79 Å². The first-order valence-corrected chi connectivity index (χ1v) is 7.62. The number of pyridine rings is 1. The van der Waals surface area contributed by atoms with E-state index >= 15 is 0 Å². The third-order valence-electron chi connectivity index (χ3n) is 2.80. The molecule has 1 N–H and O–H groups in total. The minimum absolute atomic E-state index is 0.0835. The Labute approximate surface area is 135 Å². The number of halogens is 1. The van der Waals surface area contributed by atoms with Crippen LogP contribution in [0.4, 0.5) is 10.1 Å². The van der Waals surface area contributed by atoms with Crippen molar-refractivity contribution in [3.8, 4) is 11.5 Å². The average molecular weight is 330 g/mol. The average Bonchev–Trinajstić information content (AvgIpc) is 3.03. The van der Waals surface area contributed by atoms with Crippen LogP contribution in [-0.4, -0.2) is 26.8 Å². The lowest BCUT2D eigenvalue weighted by molar-refractivity contribution is -0.113. The molecule has 0 unspecified atom stereocenters. The molecule has 3 rings (SSSR count).